The van der Waals surface area contributed by atoms with E-state index in [0.29, 0.717) is 0 Å². The molecule has 22 saturated heterocycles. The summed E-state index contributed by atoms with van der Waals surface area (Å²) in [6.07, 6.45) is -38.3. The Hall–Kier alpha value is -5.10. The lowest BCUT2D eigenvalue weighted by Gasteiger charge is -2.53. The number of nitrogens with zero attached hydrogens (tertiary/aromatic N) is 18. The molecule has 0 amide bonds. The highest BCUT2D eigenvalue weighted by Crippen LogP contribution is 2.42. The summed E-state index contributed by atoms with van der Waals surface area (Å²) in [6.45, 7) is -2.45. The largest absolute Gasteiger partial charge is 0.376 e. The van der Waals surface area contributed by atoms with Gasteiger partial charge in [-0.1, -0.05) is 30.7 Å². The molecule has 22 fully saturated rings. The molecule has 42 heteroatoms. The Balaban J connectivity index is 1.40. The van der Waals surface area contributed by atoms with Crippen molar-refractivity contribution in [1.82, 2.24) is 0 Å². The Labute approximate surface area is 514 Å². The number of hydrogen-bond donors (Lipinski definition) is 0. The summed E-state index contributed by atoms with van der Waals surface area (Å²) in [6, 6.07) is 0. The number of ether oxygens (including phenoxy) is 24. The monoisotopic (exact) mass is 1290 g/mol. The van der Waals surface area contributed by atoms with Gasteiger partial charge in [0.25, 0.3) is 0 Å². The molecule has 90 heavy (non-hydrogen) atoms. The van der Waals surface area contributed by atoms with Gasteiger partial charge in [0.05, 0.1) is 75.9 Å². The molecule has 22 aliphatic rings. The normalized spacial score (nSPS) is 42.9. The quantitative estimate of drug-likeness (QED) is 0.0761. The topological polar surface area (TPSA) is 514 Å². The molecule has 22 rings (SSSR count). The van der Waals surface area contributed by atoms with Crippen molar-refractivity contribution in [1.29, 1.82) is 0 Å². The highest BCUT2D eigenvalue weighted by Gasteiger charge is 2.61. The second-order valence-corrected chi connectivity index (χ2v) is 20.7. The summed E-state index contributed by atoms with van der Waals surface area (Å²) < 4.78 is 154. The molecule has 0 aromatic carbocycles. The van der Waals surface area contributed by atoms with Gasteiger partial charge in [-0.3, -0.25) is 0 Å². The average Bonchev–Trinajstić information content (AvgIpc) is 0.968. The lowest BCUT2D eigenvalue weighted by molar-refractivity contribution is -0.404. The van der Waals surface area contributed by atoms with Crippen molar-refractivity contribution in [3.63, 3.8) is 0 Å². The maximum absolute atomic E-state index is 9.72. The van der Waals surface area contributed by atoms with Gasteiger partial charge in [-0.25, -0.2) is 0 Å². The predicted octanol–water partition coefficient (Wildman–Crippen LogP) is 2.70. The molecule has 12 bridgehead atoms. The highest BCUT2D eigenvalue weighted by atomic mass is 16.8. The van der Waals surface area contributed by atoms with E-state index in [1.807, 2.05) is 0 Å². The zero-order chi connectivity index (χ0) is 65.0. The van der Waals surface area contributed by atoms with Crippen molar-refractivity contribution in [3.8, 4) is 0 Å². The van der Waals surface area contributed by atoms with Gasteiger partial charge in [-0.2, -0.15) is 0 Å². The number of methoxy groups -OCH3 is 12. The van der Waals surface area contributed by atoms with Crippen LogP contribution in [0.25, 0.3) is 62.7 Å². The lowest BCUT2D eigenvalue weighted by Crippen LogP contribution is -2.70. The van der Waals surface area contributed by atoms with Crippen LogP contribution in [0.15, 0.2) is 30.7 Å². The Bertz CT molecular complexity index is 2120. The third kappa shape index (κ3) is 15.9. The van der Waals surface area contributed by atoms with E-state index in [1.165, 1.54) is 85.3 Å². The van der Waals surface area contributed by atoms with Crippen molar-refractivity contribution >= 4 is 0 Å². The van der Waals surface area contributed by atoms with Crippen LogP contribution in [0.3, 0.4) is 0 Å². The molecule has 0 N–H and O–H groups in total. The van der Waals surface area contributed by atoms with Crippen LogP contribution in [0, 0.1) is 0 Å². The van der Waals surface area contributed by atoms with E-state index in [1.54, 1.807) is 0 Å². The Morgan fingerprint density at radius 3 is 0.433 bits per heavy atom. The maximum Gasteiger partial charge on any atom is 0.187 e. The Morgan fingerprint density at radius 1 is 0.211 bits per heavy atom. The van der Waals surface area contributed by atoms with E-state index in [0.717, 1.165) is 0 Å². The third-order valence-electron chi connectivity index (χ3n) is 16.5. The van der Waals surface area contributed by atoms with Crippen molar-refractivity contribution in [2.75, 3.05) is 125 Å². The fraction of sp³-hybridized carbons (Fsp3) is 1.00. The minimum absolute atomic E-state index is 0.408. The lowest BCUT2D eigenvalue weighted by atomic mass is 9.94. The molecule has 0 radical (unpaired) electrons. The van der Waals surface area contributed by atoms with Crippen LogP contribution < -0.4 is 0 Å². The van der Waals surface area contributed by atoms with Gasteiger partial charge in [0.2, 0.25) is 0 Å². The van der Waals surface area contributed by atoms with Crippen molar-refractivity contribution in [3.05, 3.63) is 62.7 Å². The fourth-order valence-corrected chi connectivity index (χ4v) is 12.5. The summed E-state index contributed by atoms with van der Waals surface area (Å²) in [7, 11) is 16.3. The molecule has 0 saturated carbocycles. The summed E-state index contributed by atoms with van der Waals surface area (Å²) in [5.74, 6) is 0. The van der Waals surface area contributed by atoms with Crippen LogP contribution in [0.5, 0.6) is 0 Å². The molecular weight excluding hydrogens is 1210 g/mol. The first-order valence-corrected chi connectivity index (χ1v) is 28.1. The molecule has 504 valence electrons. The molecule has 0 spiro atoms. The van der Waals surface area contributed by atoms with Crippen LogP contribution in [0.1, 0.15) is 0 Å². The Morgan fingerprint density at radius 2 is 0.333 bits per heavy atom. The molecular formula is C48H78N18O24. The van der Waals surface area contributed by atoms with E-state index >= 15 is 0 Å². The molecule has 0 unspecified atom stereocenters. The smallest absolute Gasteiger partial charge is 0.187 e. The van der Waals surface area contributed by atoms with E-state index < -0.39 is 224 Å². The number of rotatable bonds is 24. The average molecular weight is 1290 g/mol. The second kappa shape index (κ2) is 35.8. The molecule has 0 aliphatic carbocycles. The Kier molecular flexibility index (Phi) is 28.8. The van der Waals surface area contributed by atoms with Gasteiger partial charge in [0.1, 0.15) is 110 Å². The van der Waals surface area contributed by atoms with Gasteiger partial charge in [0.15, 0.2) is 37.7 Å². The standard InChI is InChI=1S/C48H78N18O24/c1-67-31-25-19(13-55-61-49)79-43(37(31)73-7)86-26-20(14-56-62-50)81-45(39(75-9)32(26)68-2)88-28-22(16-58-64-52)83-47(41(77-11)34(28)70-4)90-30-24(18-60-66-54)84-48(42(78-12)36(30)72-6)89-29-23(17-59-65-53)82-46(40(76-10)35(29)71-5)87-27-21(15-57-63-51)80-44(85-25)38(74-8)33(27)69-3/h19-48H,13-18H2,1-12H3/t19-,20-,21-,22-,23-,24-,25-,26-,27-,28-,29-,30-,31+,32+,33+,34+,35+,36+,37-,38-,39-,40-,41-,42-,43-,44-,45-,46-,47-,48-/m1/s1. The van der Waals surface area contributed by atoms with Gasteiger partial charge in [0, 0.05) is 115 Å². The first kappa shape index (κ1) is 72.3. The van der Waals surface area contributed by atoms with E-state index in [4.69, 9.17) is 114 Å². The van der Waals surface area contributed by atoms with Crippen LogP contribution in [-0.4, -0.2) is 309 Å². The van der Waals surface area contributed by atoms with E-state index in [2.05, 4.69) is 60.2 Å². The van der Waals surface area contributed by atoms with E-state index in [9.17, 15) is 33.2 Å². The van der Waals surface area contributed by atoms with Gasteiger partial charge in [-0.15, -0.1) is 0 Å². The van der Waals surface area contributed by atoms with Crippen LogP contribution >= 0.6 is 0 Å². The maximum atomic E-state index is 9.72. The minimum Gasteiger partial charge on any atom is -0.376 e. The number of hydrogen-bond acceptors (Lipinski definition) is 30. The van der Waals surface area contributed by atoms with Crippen LogP contribution in [0.2, 0.25) is 0 Å². The SMILES string of the molecule is CO[C@@H]1[C@@H](OC)[C@H]2O[C@H]3[C@H](OC)[C@@H](OC)[C@@H](O[C@H]4[C@H](OC)[C@@H](OC)[C@@H](O[C@H]5[C@H](OC)[C@@H](OC)[C@@H](O[C@H]6[C@H](OC)[C@@H](OC)[C@@H](O[C@H]7[C@H](OC)[C@@H](OC)[C@@H](O[C@@H]1[C@@H](CN=[N+]=[N-])O2)O[C@@H]7CN=[N+]=[N-])O[C@@H]6CN=[N+]=[N-])O[C@@H]5CN=[N+]=[N-])O[C@@H]4CN=[N+]=[N-])O[C@@H]3CN=[N+]=[N-]. The van der Waals surface area contributed by atoms with Crippen molar-refractivity contribution in [2.24, 2.45) is 30.7 Å². The zero-order valence-electron chi connectivity index (χ0n) is 51.4. The summed E-state index contributed by atoms with van der Waals surface area (Å²) in [5, 5.41) is 23.0. The zero-order valence-corrected chi connectivity index (χ0v) is 51.4. The molecule has 0 aromatic heterocycles. The highest BCUT2D eigenvalue weighted by molar-refractivity contribution is 5.04. The molecule has 42 nitrogen and oxygen atoms in total. The number of azide groups is 6. The third-order valence-corrected chi connectivity index (χ3v) is 16.5. The summed E-state index contributed by atoms with van der Waals surface area (Å²) in [4.78, 5) is 17.9. The summed E-state index contributed by atoms with van der Waals surface area (Å²) >= 11 is 0. The predicted molar refractivity (Wildman–Crippen MR) is 295 cm³/mol. The summed E-state index contributed by atoms with van der Waals surface area (Å²) in [5.41, 5.74) is 58.3. The van der Waals surface area contributed by atoms with Crippen LogP contribution in [-0.2, 0) is 114 Å². The van der Waals surface area contributed by atoms with Gasteiger partial charge < -0.3 is 114 Å². The molecule has 22 heterocycles. The van der Waals surface area contributed by atoms with Gasteiger partial charge >= 0.3 is 0 Å². The minimum atomic E-state index is -1.46. The molecule has 30 atom stereocenters. The first-order chi connectivity index (χ1) is 43.9. The first-order valence-electron chi connectivity index (χ1n) is 28.1. The van der Waals surface area contributed by atoms with Gasteiger partial charge in [-0.05, 0) is 33.2 Å². The van der Waals surface area contributed by atoms with E-state index in [-0.39, 0.29) is 0 Å². The second-order valence-electron chi connectivity index (χ2n) is 20.7. The molecule has 0 aromatic rings. The van der Waals surface area contributed by atoms with Crippen molar-refractivity contribution < 1.29 is 114 Å². The fourth-order valence-electron chi connectivity index (χ4n) is 12.5. The van der Waals surface area contributed by atoms with Crippen molar-refractivity contribution in [2.45, 2.75) is 184 Å². The molecule has 22 aliphatic heterocycles. The van der Waals surface area contributed by atoms with Crippen LogP contribution in [0.4, 0.5) is 0 Å².